The summed E-state index contributed by atoms with van der Waals surface area (Å²) < 4.78 is 2.00. The van der Waals surface area contributed by atoms with E-state index in [9.17, 15) is 0 Å². The fraction of sp³-hybridized carbons (Fsp3) is 0.333. The highest BCUT2D eigenvalue weighted by molar-refractivity contribution is 5.80. The zero-order chi connectivity index (χ0) is 13.1. The predicted octanol–water partition coefficient (Wildman–Crippen LogP) is 1.30. The van der Waals surface area contributed by atoms with E-state index in [0.29, 0.717) is 6.42 Å². The quantitative estimate of drug-likeness (QED) is 0.369. The maximum atomic E-state index is 8.60. The average Bonchev–Trinajstić information content (AvgIpc) is 2.85. The molecule has 0 saturated carbocycles. The Labute approximate surface area is 105 Å². The summed E-state index contributed by atoms with van der Waals surface area (Å²) in [5, 5.41) is 11.6. The molecule has 0 fully saturated rings. The molecule has 96 valence electrons. The number of hydrogen-bond donors (Lipinski definition) is 2. The molecular formula is C12H17N5O. The number of nitrogens with zero attached hydrogens (tertiary/aromatic N) is 4. The van der Waals surface area contributed by atoms with E-state index in [1.54, 1.807) is 6.20 Å². The second-order valence-electron chi connectivity index (χ2n) is 4.29. The van der Waals surface area contributed by atoms with Crippen LogP contribution in [-0.4, -0.2) is 33.5 Å². The minimum Gasteiger partial charge on any atom is -0.409 e. The molecule has 2 heterocycles. The summed E-state index contributed by atoms with van der Waals surface area (Å²) in [6.45, 7) is 2.02. The van der Waals surface area contributed by atoms with Gasteiger partial charge in [-0.25, -0.2) is 4.98 Å². The SMILES string of the molecule is CC(C/C(N)=N/O)N(C)c1cccc2nccn12. The number of pyridine rings is 1. The third-order valence-electron chi connectivity index (χ3n) is 3.06. The van der Waals surface area contributed by atoms with E-state index < -0.39 is 0 Å². The minimum absolute atomic E-state index is 0.119. The van der Waals surface area contributed by atoms with E-state index in [-0.39, 0.29) is 11.9 Å². The second kappa shape index (κ2) is 4.95. The van der Waals surface area contributed by atoms with Gasteiger partial charge in [-0.2, -0.15) is 0 Å². The lowest BCUT2D eigenvalue weighted by atomic mass is 10.2. The standard InChI is InChI=1S/C12H17N5O/c1-9(8-10(13)15-18)16(2)12-5-3-4-11-14-6-7-17(11)12/h3-7,9,18H,8H2,1-2H3,(H2,13,15). The van der Waals surface area contributed by atoms with Crippen molar-refractivity contribution in [2.24, 2.45) is 10.9 Å². The monoisotopic (exact) mass is 247 g/mol. The normalized spacial score (nSPS) is 13.8. The van der Waals surface area contributed by atoms with Crippen molar-refractivity contribution in [1.29, 1.82) is 0 Å². The molecule has 2 rings (SSSR count). The summed E-state index contributed by atoms with van der Waals surface area (Å²) in [6.07, 6.45) is 4.18. The van der Waals surface area contributed by atoms with Crippen LogP contribution < -0.4 is 10.6 Å². The molecular weight excluding hydrogens is 230 g/mol. The minimum atomic E-state index is 0.119. The van der Waals surface area contributed by atoms with Gasteiger partial charge in [0.2, 0.25) is 0 Å². The van der Waals surface area contributed by atoms with Gasteiger partial charge in [-0.1, -0.05) is 11.2 Å². The fourth-order valence-corrected chi connectivity index (χ4v) is 1.93. The van der Waals surface area contributed by atoms with E-state index in [1.807, 2.05) is 42.8 Å². The van der Waals surface area contributed by atoms with Crippen molar-refractivity contribution in [1.82, 2.24) is 9.38 Å². The van der Waals surface area contributed by atoms with Gasteiger partial charge in [0.15, 0.2) is 0 Å². The first-order chi connectivity index (χ1) is 8.63. The number of hydrogen-bond acceptors (Lipinski definition) is 4. The van der Waals surface area contributed by atoms with Crippen molar-refractivity contribution < 1.29 is 5.21 Å². The van der Waals surface area contributed by atoms with Crippen molar-refractivity contribution in [2.45, 2.75) is 19.4 Å². The van der Waals surface area contributed by atoms with Crippen LogP contribution in [0.2, 0.25) is 0 Å². The van der Waals surface area contributed by atoms with Crippen LogP contribution in [-0.2, 0) is 0 Å². The third-order valence-corrected chi connectivity index (χ3v) is 3.06. The summed E-state index contributed by atoms with van der Waals surface area (Å²) in [4.78, 5) is 6.32. The van der Waals surface area contributed by atoms with E-state index in [2.05, 4.69) is 15.0 Å². The molecule has 1 unspecified atom stereocenters. The molecule has 2 aromatic rings. The first kappa shape index (κ1) is 12.2. The molecule has 3 N–H and O–H groups in total. The molecule has 0 aliphatic heterocycles. The average molecular weight is 247 g/mol. The first-order valence-electron chi connectivity index (χ1n) is 5.75. The molecule has 0 aliphatic rings. The lowest BCUT2D eigenvalue weighted by molar-refractivity contribution is 0.316. The Hall–Kier alpha value is -2.24. The molecule has 0 radical (unpaired) electrons. The molecule has 0 saturated heterocycles. The summed E-state index contributed by atoms with van der Waals surface area (Å²) in [5.74, 6) is 1.25. The molecule has 1 atom stereocenters. The summed E-state index contributed by atoms with van der Waals surface area (Å²) >= 11 is 0. The fourth-order valence-electron chi connectivity index (χ4n) is 1.93. The number of nitrogens with two attached hydrogens (primary N) is 1. The lowest BCUT2D eigenvalue weighted by Crippen LogP contribution is -2.34. The Morgan fingerprint density at radius 1 is 1.61 bits per heavy atom. The van der Waals surface area contributed by atoms with Gasteiger partial charge in [-0.3, -0.25) is 4.40 Å². The smallest absolute Gasteiger partial charge is 0.141 e. The predicted molar refractivity (Wildman–Crippen MR) is 71.1 cm³/mol. The maximum Gasteiger partial charge on any atom is 0.141 e. The van der Waals surface area contributed by atoms with Gasteiger partial charge in [-0.05, 0) is 19.1 Å². The van der Waals surface area contributed by atoms with E-state index in [0.717, 1.165) is 11.5 Å². The molecule has 2 aromatic heterocycles. The number of fused-ring (bicyclic) bond motifs is 1. The number of oxime groups is 1. The molecule has 6 heteroatoms. The van der Waals surface area contributed by atoms with Crippen LogP contribution in [0.25, 0.3) is 5.65 Å². The van der Waals surface area contributed by atoms with Crippen LogP contribution in [0.4, 0.5) is 5.82 Å². The number of rotatable bonds is 4. The Morgan fingerprint density at radius 2 is 2.39 bits per heavy atom. The topological polar surface area (TPSA) is 79.2 Å². The summed E-state index contributed by atoms with van der Waals surface area (Å²) in [5.41, 5.74) is 6.44. The van der Waals surface area contributed by atoms with Gasteiger partial charge >= 0.3 is 0 Å². The van der Waals surface area contributed by atoms with Crippen LogP contribution in [0.15, 0.2) is 35.7 Å². The van der Waals surface area contributed by atoms with Crippen LogP contribution in [0.3, 0.4) is 0 Å². The number of imidazole rings is 1. The van der Waals surface area contributed by atoms with Gasteiger partial charge in [-0.15, -0.1) is 0 Å². The Bertz CT molecular complexity index is 562. The Balaban J connectivity index is 2.27. The van der Waals surface area contributed by atoms with Gasteiger partial charge in [0, 0.05) is 31.9 Å². The van der Waals surface area contributed by atoms with Gasteiger partial charge in [0.1, 0.15) is 17.3 Å². The first-order valence-corrected chi connectivity index (χ1v) is 5.75. The zero-order valence-corrected chi connectivity index (χ0v) is 10.5. The maximum absolute atomic E-state index is 8.60. The Kier molecular flexibility index (Phi) is 3.36. The molecule has 0 aromatic carbocycles. The van der Waals surface area contributed by atoms with E-state index in [4.69, 9.17) is 10.9 Å². The molecule has 0 amide bonds. The van der Waals surface area contributed by atoms with Gasteiger partial charge in [0.25, 0.3) is 0 Å². The van der Waals surface area contributed by atoms with Crippen LogP contribution in [0.5, 0.6) is 0 Å². The number of amidine groups is 1. The number of aromatic nitrogens is 2. The summed E-state index contributed by atoms with van der Waals surface area (Å²) in [6, 6.07) is 6.04. The van der Waals surface area contributed by atoms with Crippen molar-refractivity contribution in [3.8, 4) is 0 Å². The molecule has 6 nitrogen and oxygen atoms in total. The highest BCUT2D eigenvalue weighted by atomic mass is 16.4. The van der Waals surface area contributed by atoms with E-state index in [1.165, 1.54) is 0 Å². The third kappa shape index (κ3) is 2.22. The molecule has 18 heavy (non-hydrogen) atoms. The number of anilines is 1. The van der Waals surface area contributed by atoms with Gasteiger partial charge < -0.3 is 15.8 Å². The van der Waals surface area contributed by atoms with Crippen molar-refractivity contribution in [2.75, 3.05) is 11.9 Å². The summed E-state index contributed by atoms with van der Waals surface area (Å²) in [7, 11) is 1.98. The molecule has 0 spiro atoms. The Morgan fingerprint density at radius 3 is 3.11 bits per heavy atom. The van der Waals surface area contributed by atoms with Crippen LogP contribution in [0, 0.1) is 0 Å². The lowest BCUT2D eigenvalue weighted by Gasteiger charge is -2.27. The largest absolute Gasteiger partial charge is 0.409 e. The van der Waals surface area contributed by atoms with Crippen LogP contribution >= 0.6 is 0 Å². The zero-order valence-electron chi connectivity index (χ0n) is 10.5. The highest BCUT2D eigenvalue weighted by Gasteiger charge is 2.14. The highest BCUT2D eigenvalue weighted by Crippen LogP contribution is 2.18. The van der Waals surface area contributed by atoms with Crippen LogP contribution in [0.1, 0.15) is 13.3 Å². The second-order valence-corrected chi connectivity index (χ2v) is 4.29. The van der Waals surface area contributed by atoms with Crippen molar-refractivity contribution in [3.63, 3.8) is 0 Å². The molecule has 0 aliphatic carbocycles. The van der Waals surface area contributed by atoms with Crippen molar-refractivity contribution >= 4 is 17.3 Å². The van der Waals surface area contributed by atoms with Gasteiger partial charge in [0.05, 0.1) is 0 Å². The van der Waals surface area contributed by atoms with Crippen molar-refractivity contribution in [3.05, 3.63) is 30.6 Å². The van der Waals surface area contributed by atoms with E-state index >= 15 is 0 Å². The molecule has 0 bridgehead atoms.